The van der Waals surface area contributed by atoms with Gasteiger partial charge in [-0.1, -0.05) is 6.92 Å². The number of ether oxygens (including phenoxy) is 1. The lowest BCUT2D eigenvalue weighted by molar-refractivity contribution is -0.0806. The Bertz CT molecular complexity index is 148. The van der Waals surface area contributed by atoms with E-state index in [-0.39, 0.29) is 5.60 Å². The van der Waals surface area contributed by atoms with Crippen molar-refractivity contribution >= 4 is 0 Å². The van der Waals surface area contributed by atoms with Crippen molar-refractivity contribution in [2.75, 3.05) is 13.2 Å². The minimum absolute atomic E-state index is 0.00347. The fourth-order valence-corrected chi connectivity index (χ4v) is 2.33. The number of rotatable bonds is 2. The van der Waals surface area contributed by atoms with Gasteiger partial charge in [-0.05, 0) is 18.3 Å². The summed E-state index contributed by atoms with van der Waals surface area (Å²) in [6.45, 7) is 3.69. The summed E-state index contributed by atoms with van der Waals surface area (Å²) in [4.78, 5) is 4.59. The van der Waals surface area contributed by atoms with Crippen LogP contribution >= 0.6 is 0 Å². The molecule has 3 nitrogen and oxygen atoms in total. The molecule has 1 aliphatic carbocycles. The van der Waals surface area contributed by atoms with Crippen LogP contribution in [0.2, 0.25) is 0 Å². The molecule has 0 aromatic heterocycles. The first kappa shape index (κ1) is 6.58. The van der Waals surface area contributed by atoms with E-state index in [0.717, 1.165) is 19.4 Å². The molecule has 2 heterocycles. The maximum Gasteiger partial charge on any atom is 0.0969 e. The van der Waals surface area contributed by atoms with Crippen molar-refractivity contribution in [3.63, 3.8) is 0 Å². The van der Waals surface area contributed by atoms with Gasteiger partial charge in [0.05, 0.1) is 18.8 Å². The summed E-state index contributed by atoms with van der Waals surface area (Å²) >= 11 is 0. The predicted octanol–water partition coefficient (Wildman–Crippen LogP) is 0.446. The fraction of sp³-hybridized carbons (Fsp3) is 1.00. The molecule has 0 aromatic rings. The van der Waals surface area contributed by atoms with Crippen molar-refractivity contribution in [1.29, 1.82) is 0 Å². The van der Waals surface area contributed by atoms with Gasteiger partial charge in [0, 0.05) is 0 Å². The predicted molar refractivity (Wildman–Crippen MR) is 36.2 cm³/mol. The monoisotopic (exact) mass is 143 g/mol. The van der Waals surface area contributed by atoms with Gasteiger partial charge < -0.3 is 9.57 Å². The zero-order valence-corrected chi connectivity index (χ0v) is 6.22. The van der Waals surface area contributed by atoms with Crippen LogP contribution in [-0.4, -0.2) is 18.8 Å². The average Bonchev–Trinajstić information content (AvgIpc) is 2.21. The fourth-order valence-electron chi connectivity index (χ4n) is 2.33. The summed E-state index contributed by atoms with van der Waals surface area (Å²) in [5.74, 6) is 4.98. The topological polar surface area (TPSA) is 44.5 Å². The molecule has 3 aliphatic rings. The molecule has 0 atom stereocenters. The van der Waals surface area contributed by atoms with Crippen LogP contribution in [0.15, 0.2) is 0 Å². The molecule has 1 saturated carbocycles. The Labute approximate surface area is 60.4 Å². The van der Waals surface area contributed by atoms with Crippen molar-refractivity contribution in [1.82, 2.24) is 0 Å². The number of nitrogens with two attached hydrogens (primary N) is 1. The molecular formula is C7H13NO2. The first-order valence-corrected chi connectivity index (χ1v) is 3.64. The van der Waals surface area contributed by atoms with E-state index in [1.54, 1.807) is 0 Å². The molecule has 0 radical (unpaired) electrons. The summed E-state index contributed by atoms with van der Waals surface area (Å²) in [7, 11) is 0. The van der Waals surface area contributed by atoms with E-state index < -0.39 is 0 Å². The second-order valence-corrected chi connectivity index (χ2v) is 3.95. The summed E-state index contributed by atoms with van der Waals surface area (Å²) in [6.07, 6.45) is 2.24. The number of hydrogen-bond acceptors (Lipinski definition) is 3. The summed E-state index contributed by atoms with van der Waals surface area (Å²) < 4.78 is 5.55. The second kappa shape index (κ2) is 1.72. The van der Waals surface area contributed by atoms with Crippen molar-refractivity contribution < 1.29 is 9.57 Å². The molecule has 2 aliphatic heterocycles. The second-order valence-electron chi connectivity index (χ2n) is 3.95. The molecule has 58 valence electrons. The Balaban J connectivity index is 2.00. The van der Waals surface area contributed by atoms with E-state index in [2.05, 4.69) is 11.8 Å². The summed E-state index contributed by atoms with van der Waals surface area (Å²) in [5, 5.41) is 0. The van der Waals surface area contributed by atoms with Crippen LogP contribution in [0.5, 0.6) is 0 Å². The van der Waals surface area contributed by atoms with Gasteiger partial charge in [0.2, 0.25) is 0 Å². The Hall–Kier alpha value is -0.120. The Morgan fingerprint density at radius 3 is 2.70 bits per heavy atom. The molecular weight excluding hydrogens is 130 g/mol. The lowest BCUT2D eigenvalue weighted by atomic mass is 9.64. The van der Waals surface area contributed by atoms with Crippen LogP contribution in [0.4, 0.5) is 0 Å². The third-order valence-corrected chi connectivity index (χ3v) is 2.57. The lowest BCUT2D eigenvalue weighted by Gasteiger charge is -2.41. The Morgan fingerprint density at radius 1 is 1.60 bits per heavy atom. The summed E-state index contributed by atoms with van der Waals surface area (Å²) in [5.41, 5.74) is 0.446. The maximum absolute atomic E-state index is 5.55. The average molecular weight is 143 g/mol. The van der Waals surface area contributed by atoms with E-state index in [1.807, 2.05) is 0 Å². The van der Waals surface area contributed by atoms with Crippen LogP contribution in [-0.2, 0) is 9.57 Å². The Kier molecular flexibility index (Phi) is 1.14. The normalized spacial score (nSPS) is 51.0. The standard InChI is InChI=1S/C7H13NO2/c1-6-2-7(3-6,5-10-8)9-4-6/h2-5,8H2,1H3. The molecule has 2 bridgehead atoms. The molecule has 0 spiro atoms. The zero-order valence-electron chi connectivity index (χ0n) is 6.22. The third kappa shape index (κ3) is 0.713. The van der Waals surface area contributed by atoms with Crippen LogP contribution in [0.25, 0.3) is 0 Å². The van der Waals surface area contributed by atoms with Gasteiger partial charge in [0.25, 0.3) is 0 Å². The minimum atomic E-state index is 0.00347. The molecule has 0 aromatic carbocycles. The van der Waals surface area contributed by atoms with E-state index in [4.69, 9.17) is 10.6 Å². The van der Waals surface area contributed by atoms with E-state index in [9.17, 15) is 0 Å². The van der Waals surface area contributed by atoms with Gasteiger partial charge in [-0.25, -0.2) is 5.90 Å². The van der Waals surface area contributed by atoms with Crippen LogP contribution in [0, 0.1) is 5.41 Å². The molecule has 10 heavy (non-hydrogen) atoms. The highest BCUT2D eigenvalue weighted by atomic mass is 16.6. The molecule has 2 N–H and O–H groups in total. The number of hydrogen-bond donors (Lipinski definition) is 1. The van der Waals surface area contributed by atoms with Gasteiger partial charge >= 0.3 is 0 Å². The molecule has 0 unspecified atom stereocenters. The first-order valence-electron chi connectivity index (χ1n) is 3.64. The van der Waals surface area contributed by atoms with Gasteiger partial charge in [-0.15, -0.1) is 0 Å². The van der Waals surface area contributed by atoms with E-state index in [0.29, 0.717) is 12.0 Å². The minimum Gasteiger partial charge on any atom is -0.372 e. The van der Waals surface area contributed by atoms with Gasteiger partial charge in [0.15, 0.2) is 0 Å². The zero-order chi connectivity index (χ0) is 7.24. The van der Waals surface area contributed by atoms with Gasteiger partial charge in [-0.3, -0.25) is 0 Å². The van der Waals surface area contributed by atoms with Gasteiger partial charge in [-0.2, -0.15) is 0 Å². The molecule has 0 amide bonds. The maximum atomic E-state index is 5.55. The third-order valence-electron chi connectivity index (χ3n) is 2.57. The van der Waals surface area contributed by atoms with Crippen molar-refractivity contribution in [2.24, 2.45) is 11.3 Å². The Morgan fingerprint density at radius 2 is 2.30 bits per heavy atom. The smallest absolute Gasteiger partial charge is 0.0969 e. The van der Waals surface area contributed by atoms with Gasteiger partial charge in [0.1, 0.15) is 0 Å². The van der Waals surface area contributed by atoms with Crippen LogP contribution < -0.4 is 5.90 Å². The quantitative estimate of drug-likeness (QED) is 0.571. The molecule has 3 rings (SSSR count). The van der Waals surface area contributed by atoms with Crippen molar-refractivity contribution in [3.05, 3.63) is 0 Å². The summed E-state index contributed by atoms with van der Waals surface area (Å²) in [6, 6.07) is 0. The highest BCUT2D eigenvalue weighted by Crippen LogP contribution is 2.57. The largest absolute Gasteiger partial charge is 0.372 e. The molecule has 2 saturated heterocycles. The van der Waals surface area contributed by atoms with Crippen LogP contribution in [0.3, 0.4) is 0 Å². The first-order chi connectivity index (χ1) is 4.68. The van der Waals surface area contributed by atoms with Crippen molar-refractivity contribution in [3.8, 4) is 0 Å². The highest BCUT2D eigenvalue weighted by molar-refractivity contribution is 5.08. The lowest BCUT2D eigenvalue weighted by Crippen LogP contribution is -2.46. The molecule has 3 heteroatoms. The van der Waals surface area contributed by atoms with E-state index in [1.165, 1.54) is 0 Å². The van der Waals surface area contributed by atoms with Crippen molar-refractivity contribution in [2.45, 2.75) is 25.4 Å². The van der Waals surface area contributed by atoms with Crippen LogP contribution in [0.1, 0.15) is 19.8 Å². The van der Waals surface area contributed by atoms with E-state index >= 15 is 0 Å². The number of fused-ring (bicyclic) bond motifs is 1. The highest BCUT2D eigenvalue weighted by Gasteiger charge is 2.59. The SMILES string of the molecule is CC12COC(CON)(C1)C2. The molecule has 3 fully saturated rings.